The molecular formula is C9H14N2S3. The van der Waals surface area contributed by atoms with Crippen LogP contribution in [0.25, 0.3) is 0 Å². The van der Waals surface area contributed by atoms with Gasteiger partial charge in [0.05, 0.1) is 10.9 Å². The summed E-state index contributed by atoms with van der Waals surface area (Å²) in [6.07, 6.45) is 0. The molecule has 1 aliphatic rings. The molecule has 2 atom stereocenters. The number of nitrogens with two attached hydrogens (primary N) is 1. The van der Waals surface area contributed by atoms with Gasteiger partial charge in [-0.1, -0.05) is 0 Å². The second-order valence-electron chi connectivity index (χ2n) is 3.33. The molecule has 2 unspecified atom stereocenters. The fourth-order valence-electron chi connectivity index (χ4n) is 1.29. The second-order valence-corrected chi connectivity index (χ2v) is 6.68. The quantitative estimate of drug-likeness (QED) is 0.871. The highest BCUT2D eigenvalue weighted by Gasteiger charge is 2.20. The van der Waals surface area contributed by atoms with Crippen molar-refractivity contribution in [3.63, 3.8) is 0 Å². The van der Waals surface area contributed by atoms with Gasteiger partial charge >= 0.3 is 0 Å². The summed E-state index contributed by atoms with van der Waals surface area (Å²) >= 11 is 5.82. The van der Waals surface area contributed by atoms with Crippen LogP contribution >= 0.6 is 34.9 Å². The maximum atomic E-state index is 5.79. The smallest absolute Gasteiger partial charge is 0.107 e. The van der Waals surface area contributed by atoms with E-state index in [1.54, 1.807) is 11.3 Å². The third-order valence-electron chi connectivity index (χ3n) is 2.10. The Kier molecular flexibility index (Phi) is 3.76. The molecule has 1 saturated heterocycles. The Balaban J connectivity index is 2.07. The molecule has 2 rings (SSSR count). The third kappa shape index (κ3) is 2.45. The Bertz CT molecular complexity index is 292. The van der Waals surface area contributed by atoms with Gasteiger partial charge in [0, 0.05) is 28.7 Å². The van der Waals surface area contributed by atoms with Gasteiger partial charge in [-0.25, -0.2) is 4.98 Å². The van der Waals surface area contributed by atoms with E-state index in [2.05, 4.69) is 10.4 Å². The summed E-state index contributed by atoms with van der Waals surface area (Å²) in [6.45, 7) is 1.99. The number of thiazole rings is 1. The highest BCUT2D eigenvalue weighted by atomic mass is 32.2. The van der Waals surface area contributed by atoms with Crippen molar-refractivity contribution in [2.45, 2.75) is 18.2 Å². The van der Waals surface area contributed by atoms with Gasteiger partial charge in [-0.15, -0.1) is 23.1 Å². The van der Waals surface area contributed by atoms with E-state index in [1.165, 1.54) is 22.3 Å². The van der Waals surface area contributed by atoms with Gasteiger partial charge in [-0.3, -0.25) is 0 Å². The molecule has 14 heavy (non-hydrogen) atoms. The van der Waals surface area contributed by atoms with Gasteiger partial charge < -0.3 is 5.73 Å². The van der Waals surface area contributed by atoms with Crippen LogP contribution < -0.4 is 5.73 Å². The van der Waals surface area contributed by atoms with Crippen molar-refractivity contribution in [1.29, 1.82) is 0 Å². The van der Waals surface area contributed by atoms with Crippen molar-refractivity contribution in [2.75, 3.05) is 17.3 Å². The summed E-state index contributed by atoms with van der Waals surface area (Å²) in [6, 6.07) is 0.0706. The number of thioether (sulfide) groups is 2. The van der Waals surface area contributed by atoms with Crippen LogP contribution in [0.3, 0.4) is 0 Å². The van der Waals surface area contributed by atoms with Crippen molar-refractivity contribution >= 4 is 34.9 Å². The van der Waals surface area contributed by atoms with Gasteiger partial charge in [-0.2, -0.15) is 11.8 Å². The number of hydrogen-bond acceptors (Lipinski definition) is 5. The maximum Gasteiger partial charge on any atom is 0.107 e. The van der Waals surface area contributed by atoms with E-state index >= 15 is 0 Å². The minimum atomic E-state index is 0.0706. The molecule has 2 heterocycles. The molecule has 5 heteroatoms. The van der Waals surface area contributed by atoms with Gasteiger partial charge in [0.25, 0.3) is 0 Å². The third-order valence-corrected chi connectivity index (χ3v) is 5.99. The molecule has 1 aromatic rings. The van der Waals surface area contributed by atoms with E-state index in [4.69, 9.17) is 5.73 Å². The first kappa shape index (κ1) is 10.8. The largest absolute Gasteiger partial charge is 0.323 e. The molecule has 1 aromatic heterocycles. The highest BCUT2D eigenvalue weighted by molar-refractivity contribution is 8.06. The predicted molar refractivity (Wildman–Crippen MR) is 67.2 cm³/mol. The highest BCUT2D eigenvalue weighted by Crippen LogP contribution is 2.38. The van der Waals surface area contributed by atoms with Gasteiger partial charge in [-0.05, 0) is 6.92 Å². The molecule has 0 bridgehead atoms. The lowest BCUT2D eigenvalue weighted by Crippen LogP contribution is -2.08. The molecule has 1 aliphatic heterocycles. The van der Waals surface area contributed by atoms with Crippen LogP contribution in [0.2, 0.25) is 0 Å². The molecule has 0 spiro atoms. The van der Waals surface area contributed by atoms with Gasteiger partial charge in [0.1, 0.15) is 5.01 Å². The minimum absolute atomic E-state index is 0.0706. The average molecular weight is 246 g/mol. The number of rotatable bonds is 2. The lowest BCUT2D eigenvalue weighted by atomic mass is 10.3. The van der Waals surface area contributed by atoms with E-state index in [1.807, 2.05) is 30.4 Å². The topological polar surface area (TPSA) is 38.9 Å². The fraction of sp³-hybridized carbons (Fsp3) is 0.667. The lowest BCUT2D eigenvalue weighted by molar-refractivity contribution is 0.782. The molecule has 78 valence electrons. The molecule has 0 amide bonds. The molecular weight excluding hydrogens is 232 g/mol. The van der Waals surface area contributed by atoms with Crippen LogP contribution in [0.15, 0.2) is 5.38 Å². The predicted octanol–water partition coefficient (Wildman–Crippen LogP) is 2.68. The van der Waals surface area contributed by atoms with Crippen LogP contribution in [-0.4, -0.2) is 22.2 Å². The van der Waals surface area contributed by atoms with E-state index in [-0.39, 0.29) is 6.04 Å². The molecule has 2 N–H and O–H groups in total. The van der Waals surface area contributed by atoms with E-state index in [0.717, 1.165) is 5.69 Å². The standard InChI is InChI=1S/C9H14N2S3/c1-6(10)7-4-14-9(11-7)8-5-12-2-3-13-8/h4,6,8H,2-3,5,10H2,1H3. The van der Waals surface area contributed by atoms with Crippen LogP contribution in [-0.2, 0) is 0 Å². The van der Waals surface area contributed by atoms with Gasteiger partial charge in [0.2, 0.25) is 0 Å². The number of nitrogens with zero attached hydrogens (tertiary/aromatic N) is 1. The molecule has 1 fully saturated rings. The molecule has 0 aliphatic carbocycles. The summed E-state index contributed by atoms with van der Waals surface area (Å²) in [7, 11) is 0. The Hall–Kier alpha value is 0.290. The maximum absolute atomic E-state index is 5.79. The van der Waals surface area contributed by atoms with Crippen LogP contribution in [0.4, 0.5) is 0 Å². The number of hydrogen-bond donors (Lipinski definition) is 1. The molecule has 0 saturated carbocycles. The lowest BCUT2D eigenvalue weighted by Gasteiger charge is -2.18. The van der Waals surface area contributed by atoms with Crippen LogP contribution in [0, 0.1) is 0 Å². The van der Waals surface area contributed by atoms with Crippen molar-refractivity contribution in [3.8, 4) is 0 Å². The first-order chi connectivity index (χ1) is 6.77. The fourth-order valence-corrected chi connectivity index (χ4v) is 5.21. The minimum Gasteiger partial charge on any atom is -0.323 e. The van der Waals surface area contributed by atoms with Crippen LogP contribution in [0.5, 0.6) is 0 Å². The van der Waals surface area contributed by atoms with E-state index in [9.17, 15) is 0 Å². The van der Waals surface area contributed by atoms with Crippen molar-refractivity contribution < 1.29 is 0 Å². The summed E-state index contributed by atoms with van der Waals surface area (Å²) in [4.78, 5) is 4.59. The molecule has 0 aromatic carbocycles. The summed E-state index contributed by atoms with van der Waals surface area (Å²) in [5, 5.41) is 3.96. The first-order valence-corrected chi connectivity index (χ1v) is 7.76. The summed E-state index contributed by atoms with van der Waals surface area (Å²) < 4.78 is 0. The SMILES string of the molecule is CC(N)c1csc(C2CSCCS2)n1. The molecule has 2 nitrogen and oxygen atoms in total. The Morgan fingerprint density at radius 2 is 2.43 bits per heavy atom. The Morgan fingerprint density at radius 1 is 1.57 bits per heavy atom. The Labute approximate surface area is 97.1 Å². The zero-order valence-electron chi connectivity index (χ0n) is 8.10. The Morgan fingerprint density at radius 3 is 3.00 bits per heavy atom. The van der Waals surface area contributed by atoms with Crippen LogP contribution in [0.1, 0.15) is 28.9 Å². The summed E-state index contributed by atoms with van der Waals surface area (Å²) in [5.74, 6) is 3.74. The van der Waals surface area contributed by atoms with E-state index < -0.39 is 0 Å². The zero-order chi connectivity index (χ0) is 9.97. The van der Waals surface area contributed by atoms with Gasteiger partial charge in [0.15, 0.2) is 0 Å². The zero-order valence-corrected chi connectivity index (χ0v) is 10.6. The normalized spacial score (nSPS) is 24.9. The molecule has 0 radical (unpaired) electrons. The van der Waals surface area contributed by atoms with Crippen molar-refractivity contribution in [3.05, 3.63) is 16.1 Å². The number of aromatic nitrogens is 1. The van der Waals surface area contributed by atoms with Crippen molar-refractivity contribution in [2.24, 2.45) is 5.73 Å². The van der Waals surface area contributed by atoms with Crippen molar-refractivity contribution in [1.82, 2.24) is 4.98 Å². The summed E-state index contributed by atoms with van der Waals surface area (Å²) in [5.41, 5.74) is 6.83. The second kappa shape index (κ2) is 4.88. The monoisotopic (exact) mass is 246 g/mol. The average Bonchev–Trinajstić information content (AvgIpc) is 2.68. The first-order valence-electron chi connectivity index (χ1n) is 4.67. The van der Waals surface area contributed by atoms with E-state index in [0.29, 0.717) is 5.25 Å².